The van der Waals surface area contributed by atoms with Crippen molar-refractivity contribution in [2.24, 2.45) is 0 Å². The fraction of sp³-hybridized carbons (Fsp3) is 0.333. The minimum Gasteiger partial charge on any atom is -0.508 e. The van der Waals surface area contributed by atoms with Gasteiger partial charge in [-0.25, -0.2) is 0 Å². The van der Waals surface area contributed by atoms with Gasteiger partial charge in [0.05, 0.1) is 0 Å². The molecular formula is C6H8NO3P. The van der Waals surface area contributed by atoms with E-state index in [4.69, 9.17) is 5.11 Å². The van der Waals surface area contributed by atoms with E-state index in [-0.39, 0.29) is 12.2 Å². The number of aliphatic hydroxyl groups is 1. The number of nitro groups is 1. The average molecular weight is 173 g/mol. The second-order valence-corrected chi connectivity index (χ2v) is 3.41. The van der Waals surface area contributed by atoms with Crippen molar-refractivity contribution in [1.29, 1.82) is 0 Å². The Kier molecular flexibility index (Phi) is 1.96. The van der Waals surface area contributed by atoms with Crippen LogP contribution in [0.3, 0.4) is 0 Å². The van der Waals surface area contributed by atoms with Crippen LogP contribution in [0.1, 0.15) is 6.42 Å². The molecule has 0 aliphatic heterocycles. The summed E-state index contributed by atoms with van der Waals surface area (Å²) in [6.45, 7) is 0. The first-order valence-electron chi connectivity index (χ1n) is 3.06. The van der Waals surface area contributed by atoms with Crippen molar-refractivity contribution in [3.8, 4) is 0 Å². The molecule has 5 heteroatoms. The van der Waals surface area contributed by atoms with Gasteiger partial charge in [0.2, 0.25) is 0 Å². The second-order valence-electron chi connectivity index (χ2n) is 2.41. The van der Waals surface area contributed by atoms with Crippen molar-refractivity contribution < 1.29 is 10.0 Å². The van der Waals surface area contributed by atoms with Gasteiger partial charge in [0.25, 0.3) is 5.28 Å². The van der Waals surface area contributed by atoms with E-state index in [2.05, 4.69) is 9.24 Å². The Hall–Kier alpha value is -0.890. The molecule has 1 rings (SSSR count). The van der Waals surface area contributed by atoms with Gasteiger partial charge in [0, 0.05) is 11.3 Å². The summed E-state index contributed by atoms with van der Waals surface area (Å²) in [5.74, 6) is 0.0879. The lowest BCUT2D eigenvalue weighted by Crippen LogP contribution is -2.29. The van der Waals surface area contributed by atoms with Crippen molar-refractivity contribution in [3.63, 3.8) is 0 Å². The van der Waals surface area contributed by atoms with Crippen LogP contribution >= 0.6 is 9.24 Å². The number of allylic oxidation sites excluding steroid dienone is 1. The van der Waals surface area contributed by atoms with Gasteiger partial charge in [-0.1, -0.05) is 0 Å². The molecule has 0 amide bonds. The van der Waals surface area contributed by atoms with Gasteiger partial charge in [-0.3, -0.25) is 10.1 Å². The van der Waals surface area contributed by atoms with Crippen LogP contribution in [0.2, 0.25) is 0 Å². The fourth-order valence-electron chi connectivity index (χ4n) is 0.769. The molecule has 0 saturated heterocycles. The summed E-state index contributed by atoms with van der Waals surface area (Å²) in [7, 11) is 2.15. The van der Waals surface area contributed by atoms with Crippen LogP contribution in [-0.4, -0.2) is 15.3 Å². The molecule has 0 heterocycles. The second kappa shape index (κ2) is 2.62. The molecule has 0 aromatic heterocycles. The van der Waals surface area contributed by atoms with E-state index < -0.39 is 10.2 Å². The van der Waals surface area contributed by atoms with Crippen LogP contribution in [0.25, 0.3) is 0 Å². The van der Waals surface area contributed by atoms with Gasteiger partial charge < -0.3 is 5.11 Å². The molecule has 0 radical (unpaired) electrons. The summed E-state index contributed by atoms with van der Waals surface area (Å²) in [4.78, 5) is 10.0. The molecule has 2 atom stereocenters. The molecule has 2 unspecified atom stereocenters. The Bertz CT molecular complexity index is 248. The van der Waals surface area contributed by atoms with Gasteiger partial charge in [-0.05, 0) is 27.5 Å². The van der Waals surface area contributed by atoms with Crippen LogP contribution in [0.15, 0.2) is 24.0 Å². The standard InChI is InChI=1S/C6H8NO3P/c8-5-1-3-6(11,4-2-5)7(9)10/h1-3,8H,4,11H2. The Morgan fingerprint density at radius 3 is 2.82 bits per heavy atom. The van der Waals surface area contributed by atoms with Crippen molar-refractivity contribution in [2.75, 3.05) is 0 Å². The molecule has 1 aliphatic rings. The molecule has 0 spiro atoms. The summed E-state index contributed by atoms with van der Waals surface area (Å²) in [6, 6.07) is 0. The number of nitrogens with zero attached hydrogens (tertiary/aromatic N) is 1. The van der Waals surface area contributed by atoms with E-state index in [0.29, 0.717) is 0 Å². The summed E-state index contributed by atoms with van der Waals surface area (Å²) >= 11 is 0. The maximum atomic E-state index is 10.4. The summed E-state index contributed by atoms with van der Waals surface area (Å²) < 4.78 is 0. The first-order chi connectivity index (χ1) is 5.04. The fourth-order valence-corrected chi connectivity index (χ4v) is 0.983. The average Bonchev–Trinajstić information content (AvgIpc) is 1.95. The van der Waals surface area contributed by atoms with E-state index in [9.17, 15) is 10.1 Å². The third kappa shape index (κ3) is 1.57. The van der Waals surface area contributed by atoms with Crippen LogP contribution in [0.5, 0.6) is 0 Å². The minimum absolute atomic E-state index is 0.0879. The normalized spacial score (nSPS) is 29.7. The first-order valence-corrected chi connectivity index (χ1v) is 3.64. The van der Waals surface area contributed by atoms with Gasteiger partial charge in [-0.2, -0.15) is 0 Å². The Morgan fingerprint density at radius 1 is 1.82 bits per heavy atom. The van der Waals surface area contributed by atoms with Crippen LogP contribution in [0, 0.1) is 10.1 Å². The Morgan fingerprint density at radius 2 is 2.45 bits per heavy atom. The van der Waals surface area contributed by atoms with Crippen LogP contribution in [-0.2, 0) is 0 Å². The zero-order chi connectivity index (χ0) is 8.48. The SMILES string of the molecule is O=[N+]([O-])C1(P)C=CC(O)=CC1. The van der Waals surface area contributed by atoms with Gasteiger partial charge in [0.15, 0.2) is 0 Å². The van der Waals surface area contributed by atoms with Gasteiger partial charge in [0.1, 0.15) is 5.76 Å². The quantitative estimate of drug-likeness (QED) is 0.368. The zero-order valence-corrected chi connectivity index (χ0v) is 6.88. The monoisotopic (exact) mass is 173 g/mol. The van der Waals surface area contributed by atoms with E-state index in [0.717, 1.165) is 0 Å². The third-order valence-corrected chi connectivity index (χ3v) is 2.16. The molecule has 11 heavy (non-hydrogen) atoms. The molecule has 0 bridgehead atoms. The van der Waals surface area contributed by atoms with E-state index in [1.54, 1.807) is 0 Å². The highest BCUT2D eigenvalue weighted by molar-refractivity contribution is 7.18. The minimum atomic E-state index is -1.12. The van der Waals surface area contributed by atoms with E-state index in [1.165, 1.54) is 18.2 Å². The number of hydrogen-bond donors (Lipinski definition) is 1. The van der Waals surface area contributed by atoms with Crippen molar-refractivity contribution in [3.05, 3.63) is 34.1 Å². The van der Waals surface area contributed by atoms with Gasteiger partial charge in [-0.15, -0.1) is 0 Å². The summed E-state index contributed by atoms with van der Waals surface area (Å²) in [5.41, 5.74) is 0. The number of hydrogen-bond acceptors (Lipinski definition) is 3. The number of rotatable bonds is 1. The Labute approximate surface area is 66.0 Å². The molecule has 60 valence electrons. The lowest BCUT2D eigenvalue weighted by Gasteiger charge is -2.17. The van der Waals surface area contributed by atoms with E-state index in [1.807, 2.05) is 0 Å². The Balaban J connectivity index is 2.82. The molecule has 0 aromatic carbocycles. The van der Waals surface area contributed by atoms with Crippen molar-refractivity contribution in [1.82, 2.24) is 0 Å². The van der Waals surface area contributed by atoms with Crippen molar-refractivity contribution >= 4 is 9.24 Å². The zero-order valence-electron chi connectivity index (χ0n) is 5.73. The molecule has 0 saturated carbocycles. The maximum absolute atomic E-state index is 10.4. The lowest BCUT2D eigenvalue weighted by molar-refractivity contribution is -0.524. The highest BCUT2D eigenvalue weighted by atomic mass is 31.0. The predicted molar refractivity (Wildman–Crippen MR) is 43.9 cm³/mol. The summed E-state index contributed by atoms with van der Waals surface area (Å²) in [6.07, 6.45) is 4.34. The molecule has 1 N–H and O–H groups in total. The van der Waals surface area contributed by atoms with Crippen molar-refractivity contribution in [2.45, 2.75) is 11.7 Å². The molecule has 0 fully saturated rings. The van der Waals surface area contributed by atoms with E-state index >= 15 is 0 Å². The predicted octanol–water partition coefficient (Wildman–Crippen LogP) is 1.24. The topological polar surface area (TPSA) is 63.4 Å². The molecular weight excluding hydrogens is 165 g/mol. The maximum Gasteiger partial charge on any atom is 0.254 e. The van der Waals surface area contributed by atoms with Gasteiger partial charge >= 0.3 is 0 Å². The van der Waals surface area contributed by atoms with Crippen LogP contribution < -0.4 is 0 Å². The third-order valence-electron chi connectivity index (χ3n) is 1.52. The highest BCUT2D eigenvalue weighted by Gasteiger charge is 2.34. The smallest absolute Gasteiger partial charge is 0.254 e. The molecule has 0 aromatic rings. The number of aliphatic hydroxyl groups excluding tert-OH is 1. The highest BCUT2D eigenvalue weighted by Crippen LogP contribution is 2.29. The lowest BCUT2D eigenvalue weighted by atomic mass is 10.1. The molecule has 1 aliphatic carbocycles. The molecule has 4 nitrogen and oxygen atoms in total. The van der Waals surface area contributed by atoms with Crippen LogP contribution in [0.4, 0.5) is 0 Å². The summed E-state index contributed by atoms with van der Waals surface area (Å²) in [5, 5.41) is 18.2. The largest absolute Gasteiger partial charge is 0.508 e. The first kappa shape index (κ1) is 8.21.